The molecule has 23 heavy (non-hydrogen) atoms. The molecular weight excluding hydrogens is 304 g/mol. The Balaban J connectivity index is 2.07. The minimum atomic E-state index is -0.0924. The molecule has 3 aromatic rings. The number of nitrogens with one attached hydrogen (secondary N) is 1. The van der Waals surface area contributed by atoms with Crippen LogP contribution in [0.3, 0.4) is 0 Å². The highest BCUT2D eigenvalue weighted by atomic mass is 32.2. The van der Waals surface area contributed by atoms with Crippen LogP contribution in [-0.2, 0) is 0 Å². The standard InChI is InChI=1S/C19H20N2OS/c1-12(2)23-19-20-17(11-18(22)21-19)13(3)15-10-6-8-14-7-4-5-9-16(14)15/h4-13H,1-3H3,(H,20,21,22)/t13-/m0/s1. The third-order valence-electron chi connectivity index (χ3n) is 3.82. The topological polar surface area (TPSA) is 45.8 Å². The number of nitrogens with zero attached hydrogens (tertiary/aromatic N) is 1. The number of rotatable bonds is 4. The summed E-state index contributed by atoms with van der Waals surface area (Å²) in [7, 11) is 0. The molecule has 0 radical (unpaired) electrons. The van der Waals surface area contributed by atoms with Gasteiger partial charge in [-0.05, 0) is 16.3 Å². The van der Waals surface area contributed by atoms with E-state index in [1.54, 1.807) is 17.8 Å². The predicted octanol–water partition coefficient (Wildman–Crippen LogP) is 4.58. The van der Waals surface area contributed by atoms with Crippen LogP contribution in [0.15, 0.2) is 58.5 Å². The number of benzene rings is 2. The van der Waals surface area contributed by atoms with Crippen molar-refractivity contribution in [2.24, 2.45) is 0 Å². The summed E-state index contributed by atoms with van der Waals surface area (Å²) < 4.78 is 0. The maximum Gasteiger partial charge on any atom is 0.251 e. The van der Waals surface area contributed by atoms with Crippen LogP contribution in [0.2, 0.25) is 0 Å². The maximum atomic E-state index is 12.0. The smallest absolute Gasteiger partial charge is 0.251 e. The minimum absolute atomic E-state index is 0.0647. The lowest BCUT2D eigenvalue weighted by molar-refractivity contribution is 0.803. The normalized spacial score (nSPS) is 12.7. The van der Waals surface area contributed by atoms with Gasteiger partial charge in [0.2, 0.25) is 0 Å². The number of aromatic nitrogens is 2. The highest BCUT2D eigenvalue weighted by molar-refractivity contribution is 7.99. The molecule has 1 aromatic heterocycles. The molecule has 0 spiro atoms. The molecular formula is C19H20N2OS. The number of H-pyrrole nitrogens is 1. The molecule has 1 N–H and O–H groups in total. The second-order valence-electron chi connectivity index (χ2n) is 5.93. The Morgan fingerprint density at radius 2 is 1.78 bits per heavy atom. The Hall–Kier alpha value is -2.07. The van der Waals surface area contributed by atoms with Crippen molar-refractivity contribution < 1.29 is 0 Å². The van der Waals surface area contributed by atoms with Gasteiger partial charge in [0.15, 0.2) is 5.16 Å². The Morgan fingerprint density at radius 1 is 1.04 bits per heavy atom. The third-order valence-corrected chi connectivity index (χ3v) is 4.71. The maximum absolute atomic E-state index is 12.0. The van der Waals surface area contributed by atoms with Crippen LogP contribution >= 0.6 is 11.8 Å². The molecule has 0 aliphatic rings. The van der Waals surface area contributed by atoms with E-state index in [-0.39, 0.29) is 11.5 Å². The van der Waals surface area contributed by atoms with Crippen molar-refractivity contribution in [3.63, 3.8) is 0 Å². The summed E-state index contributed by atoms with van der Waals surface area (Å²) in [5.74, 6) is 0.0647. The number of hydrogen-bond acceptors (Lipinski definition) is 3. The van der Waals surface area contributed by atoms with E-state index < -0.39 is 0 Å². The quantitative estimate of drug-likeness (QED) is 0.564. The van der Waals surface area contributed by atoms with Crippen molar-refractivity contribution in [2.75, 3.05) is 0 Å². The molecule has 0 aliphatic carbocycles. The summed E-state index contributed by atoms with van der Waals surface area (Å²) in [6.45, 7) is 6.28. The second-order valence-corrected chi connectivity index (χ2v) is 7.50. The van der Waals surface area contributed by atoms with Crippen molar-refractivity contribution >= 4 is 22.5 Å². The summed E-state index contributed by atoms with van der Waals surface area (Å²) in [6.07, 6.45) is 0. The average Bonchev–Trinajstić information content (AvgIpc) is 2.52. The van der Waals surface area contributed by atoms with Gasteiger partial charge in [0.1, 0.15) is 0 Å². The van der Waals surface area contributed by atoms with E-state index in [2.05, 4.69) is 61.1 Å². The van der Waals surface area contributed by atoms with E-state index in [9.17, 15) is 4.79 Å². The van der Waals surface area contributed by atoms with Crippen LogP contribution in [0.25, 0.3) is 10.8 Å². The first kappa shape index (κ1) is 15.8. The van der Waals surface area contributed by atoms with E-state index in [0.29, 0.717) is 10.4 Å². The average molecular weight is 324 g/mol. The molecule has 1 heterocycles. The van der Waals surface area contributed by atoms with Crippen molar-refractivity contribution in [2.45, 2.75) is 37.1 Å². The van der Waals surface area contributed by atoms with E-state index in [0.717, 1.165) is 5.69 Å². The monoisotopic (exact) mass is 324 g/mol. The Bertz CT molecular complexity index is 880. The SMILES string of the molecule is CC(C)Sc1nc([C@@H](C)c2cccc3ccccc23)cc(=O)[nH]1. The molecule has 0 aliphatic heterocycles. The summed E-state index contributed by atoms with van der Waals surface area (Å²) >= 11 is 1.58. The van der Waals surface area contributed by atoms with E-state index in [1.165, 1.54) is 16.3 Å². The molecule has 3 rings (SSSR count). The number of thioether (sulfide) groups is 1. The van der Waals surface area contributed by atoms with Gasteiger partial charge in [-0.25, -0.2) is 4.98 Å². The fourth-order valence-corrected chi connectivity index (χ4v) is 3.51. The van der Waals surface area contributed by atoms with Gasteiger partial charge in [0, 0.05) is 17.2 Å². The van der Waals surface area contributed by atoms with Crippen molar-refractivity contribution in [3.8, 4) is 0 Å². The third kappa shape index (κ3) is 3.48. The lowest BCUT2D eigenvalue weighted by Crippen LogP contribution is -2.13. The van der Waals surface area contributed by atoms with Crippen LogP contribution in [0.1, 0.15) is 37.9 Å². The van der Waals surface area contributed by atoms with Crippen LogP contribution in [0, 0.1) is 0 Å². The first-order valence-corrected chi connectivity index (χ1v) is 8.68. The molecule has 118 valence electrons. The van der Waals surface area contributed by atoms with Crippen molar-refractivity contribution in [3.05, 3.63) is 70.1 Å². The van der Waals surface area contributed by atoms with Crippen LogP contribution in [0.5, 0.6) is 0 Å². The van der Waals surface area contributed by atoms with E-state index in [4.69, 9.17) is 0 Å². The van der Waals surface area contributed by atoms with Gasteiger partial charge < -0.3 is 4.98 Å². The zero-order chi connectivity index (χ0) is 16.4. The molecule has 0 saturated heterocycles. The molecule has 3 nitrogen and oxygen atoms in total. The Kier molecular flexibility index (Phi) is 4.53. The zero-order valence-corrected chi connectivity index (χ0v) is 14.4. The van der Waals surface area contributed by atoms with E-state index >= 15 is 0 Å². The zero-order valence-electron chi connectivity index (χ0n) is 13.5. The van der Waals surface area contributed by atoms with Crippen LogP contribution in [-0.4, -0.2) is 15.2 Å². The van der Waals surface area contributed by atoms with Crippen molar-refractivity contribution in [1.82, 2.24) is 9.97 Å². The molecule has 4 heteroatoms. The summed E-state index contributed by atoms with van der Waals surface area (Å²) in [4.78, 5) is 19.5. The summed E-state index contributed by atoms with van der Waals surface area (Å²) in [5.41, 5.74) is 1.92. The highest BCUT2D eigenvalue weighted by Crippen LogP contribution is 2.30. The number of aromatic amines is 1. The van der Waals surface area contributed by atoms with Gasteiger partial charge in [-0.1, -0.05) is 75.0 Å². The van der Waals surface area contributed by atoms with E-state index in [1.807, 2.05) is 12.1 Å². The Morgan fingerprint density at radius 3 is 2.57 bits per heavy atom. The lowest BCUT2D eigenvalue weighted by Gasteiger charge is -2.15. The molecule has 0 amide bonds. The van der Waals surface area contributed by atoms with Gasteiger partial charge in [-0.2, -0.15) is 0 Å². The molecule has 0 unspecified atom stereocenters. The van der Waals surface area contributed by atoms with Gasteiger partial charge in [-0.15, -0.1) is 0 Å². The van der Waals surface area contributed by atoms with Gasteiger partial charge in [-0.3, -0.25) is 4.79 Å². The number of hydrogen-bond donors (Lipinski definition) is 1. The second kappa shape index (κ2) is 6.59. The molecule has 0 saturated carbocycles. The number of fused-ring (bicyclic) bond motifs is 1. The van der Waals surface area contributed by atoms with Crippen molar-refractivity contribution in [1.29, 1.82) is 0 Å². The first-order chi connectivity index (χ1) is 11.0. The fraction of sp³-hybridized carbons (Fsp3) is 0.263. The Labute approximate surface area is 140 Å². The summed E-state index contributed by atoms with van der Waals surface area (Å²) in [6, 6.07) is 16.2. The fourth-order valence-electron chi connectivity index (χ4n) is 2.74. The van der Waals surface area contributed by atoms with Gasteiger partial charge in [0.25, 0.3) is 5.56 Å². The van der Waals surface area contributed by atoms with Gasteiger partial charge >= 0.3 is 0 Å². The predicted molar refractivity (Wildman–Crippen MR) is 97.3 cm³/mol. The van der Waals surface area contributed by atoms with Gasteiger partial charge in [0.05, 0.1) is 5.69 Å². The highest BCUT2D eigenvalue weighted by Gasteiger charge is 2.15. The summed E-state index contributed by atoms with van der Waals surface area (Å²) in [5, 5.41) is 3.48. The molecule has 0 fully saturated rings. The molecule has 0 bridgehead atoms. The van der Waals surface area contributed by atoms with Crippen LogP contribution < -0.4 is 5.56 Å². The lowest BCUT2D eigenvalue weighted by atomic mass is 9.92. The van der Waals surface area contributed by atoms with Crippen LogP contribution in [0.4, 0.5) is 0 Å². The largest absolute Gasteiger partial charge is 0.301 e. The first-order valence-electron chi connectivity index (χ1n) is 7.80. The minimum Gasteiger partial charge on any atom is -0.301 e. The molecule has 2 aromatic carbocycles. The molecule has 1 atom stereocenters.